The van der Waals surface area contributed by atoms with E-state index in [1.54, 1.807) is 32.4 Å². The molecule has 3 rings (SSSR count). The molecular formula is C19H20ClNO3. The lowest BCUT2D eigenvalue weighted by Crippen LogP contribution is -2.46. The van der Waals surface area contributed by atoms with Crippen LogP contribution in [0.25, 0.3) is 0 Å². The van der Waals surface area contributed by atoms with Crippen molar-refractivity contribution in [3.05, 3.63) is 53.1 Å². The highest BCUT2D eigenvalue weighted by atomic mass is 35.5. The third-order valence-corrected chi connectivity index (χ3v) is 4.91. The lowest BCUT2D eigenvalue weighted by Gasteiger charge is -2.40. The smallest absolute Gasteiger partial charge is 0.235 e. The van der Waals surface area contributed by atoms with Gasteiger partial charge in [-0.1, -0.05) is 30.2 Å². The van der Waals surface area contributed by atoms with Gasteiger partial charge in [-0.25, -0.2) is 0 Å². The van der Waals surface area contributed by atoms with Gasteiger partial charge in [-0.2, -0.15) is 0 Å². The molecule has 2 aromatic rings. The molecule has 0 aromatic heterocycles. The second-order valence-electron chi connectivity index (χ2n) is 5.97. The fourth-order valence-corrected chi connectivity index (χ4v) is 3.30. The van der Waals surface area contributed by atoms with E-state index in [0.717, 1.165) is 24.8 Å². The SMILES string of the molecule is COc1ccc(NC(=O)C2(c3cccc(Cl)c3)CCC2)c(OC)c1. The Bertz CT molecular complexity index is 756. The number of carbonyl (C=O) groups excluding carboxylic acids is 1. The molecule has 0 spiro atoms. The van der Waals surface area contributed by atoms with E-state index in [1.807, 2.05) is 24.3 Å². The zero-order valence-corrected chi connectivity index (χ0v) is 14.5. The molecule has 1 aliphatic rings. The predicted molar refractivity (Wildman–Crippen MR) is 95.2 cm³/mol. The molecule has 0 bridgehead atoms. The van der Waals surface area contributed by atoms with E-state index in [1.165, 1.54) is 0 Å². The minimum Gasteiger partial charge on any atom is -0.497 e. The van der Waals surface area contributed by atoms with Crippen molar-refractivity contribution in [3.8, 4) is 11.5 Å². The minimum absolute atomic E-state index is 0.0283. The summed E-state index contributed by atoms with van der Waals surface area (Å²) in [4.78, 5) is 13.0. The van der Waals surface area contributed by atoms with Gasteiger partial charge in [0.15, 0.2) is 0 Å². The molecule has 0 radical (unpaired) electrons. The molecule has 0 aliphatic heterocycles. The van der Waals surface area contributed by atoms with E-state index in [9.17, 15) is 4.79 Å². The molecule has 0 atom stereocenters. The van der Waals surface area contributed by atoms with Crippen LogP contribution in [-0.4, -0.2) is 20.1 Å². The first-order valence-corrected chi connectivity index (χ1v) is 8.26. The lowest BCUT2D eigenvalue weighted by molar-refractivity contribution is -0.124. The van der Waals surface area contributed by atoms with E-state index in [4.69, 9.17) is 21.1 Å². The highest BCUT2D eigenvalue weighted by Gasteiger charge is 2.45. The van der Waals surface area contributed by atoms with Gasteiger partial charge in [0.05, 0.1) is 25.3 Å². The highest BCUT2D eigenvalue weighted by Crippen LogP contribution is 2.45. The summed E-state index contributed by atoms with van der Waals surface area (Å²) in [6.45, 7) is 0. The van der Waals surface area contributed by atoms with Crippen molar-refractivity contribution in [2.45, 2.75) is 24.7 Å². The maximum absolute atomic E-state index is 13.0. The fraction of sp³-hybridized carbons (Fsp3) is 0.316. The Labute approximate surface area is 146 Å². The van der Waals surface area contributed by atoms with Crippen LogP contribution in [-0.2, 0) is 10.2 Å². The van der Waals surface area contributed by atoms with Gasteiger partial charge in [-0.15, -0.1) is 0 Å². The number of hydrogen-bond acceptors (Lipinski definition) is 3. The summed E-state index contributed by atoms with van der Waals surface area (Å²) in [5.41, 5.74) is 1.08. The van der Waals surface area contributed by atoms with E-state index < -0.39 is 5.41 Å². The quantitative estimate of drug-likeness (QED) is 0.872. The Morgan fingerprint density at radius 3 is 2.50 bits per heavy atom. The van der Waals surface area contributed by atoms with Crippen molar-refractivity contribution < 1.29 is 14.3 Å². The number of hydrogen-bond donors (Lipinski definition) is 1. The van der Waals surface area contributed by atoms with Gasteiger partial charge in [0.2, 0.25) is 5.91 Å². The summed E-state index contributed by atoms with van der Waals surface area (Å²) < 4.78 is 10.6. The van der Waals surface area contributed by atoms with E-state index in [2.05, 4.69) is 5.32 Å². The molecule has 1 fully saturated rings. The van der Waals surface area contributed by atoms with E-state index in [-0.39, 0.29) is 5.91 Å². The Kier molecular flexibility index (Phi) is 4.67. The summed E-state index contributed by atoms with van der Waals surface area (Å²) >= 11 is 6.11. The van der Waals surface area contributed by atoms with Gasteiger partial charge in [-0.05, 0) is 42.7 Å². The third kappa shape index (κ3) is 2.94. The molecule has 5 heteroatoms. The minimum atomic E-state index is -0.518. The Balaban J connectivity index is 1.88. The number of amides is 1. The standard InChI is InChI=1S/C19H20ClNO3/c1-23-15-7-8-16(17(12-15)24-2)21-18(22)19(9-4-10-19)13-5-3-6-14(20)11-13/h3,5-8,11-12H,4,9-10H2,1-2H3,(H,21,22). The fourth-order valence-electron chi connectivity index (χ4n) is 3.11. The van der Waals surface area contributed by atoms with E-state index >= 15 is 0 Å². The number of ether oxygens (including phenoxy) is 2. The molecule has 0 heterocycles. The van der Waals surface area contributed by atoms with Gasteiger partial charge < -0.3 is 14.8 Å². The average molecular weight is 346 g/mol. The van der Waals surface area contributed by atoms with E-state index in [0.29, 0.717) is 22.2 Å². The highest BCUT2D eigenvalue weighted by molar-refractivity contribution is 6.30. The summed E-state index contributed by atoms with van der Waals surface area (Å²) in [5.74, 6) is 1.22. The van der Waals surface area contributed by atoms with Crippen molar-refractivity contribution in [3.63, 3.8) is 0 Å². The van der Waals surface area contributed by atoms with Crippen LogP contribution in [0.2, 0.25) is 5.02 Å². The van der Waals surface area contributed by atoms with Crippen LogP contribution in [0.3, 0.4) is 0 Å². The van der Waals surface area contributed by atoms with Gasteiger partial charge in [0.1, 0.15) is 11.5 Å². The van der Waals surface area contributed by atoms with Crippen molar-refractivity contribution in [1.29, 1.82) is 0 Å². The molecule has 126 valence electrons. The van der Waals surface area contributed by atoms with Crippen molar-refractivity contribution in [2.75, 3.05) is 19.5 Å². The first-order valence-electron chi connectivity index (χ1n) is 7.88. The molecule has 1 N–H and O–H groups in total. The number of anilines is 1. The number of rotatable bonds is 5. The molecule has 1 aliphatic carbocycles. The molecule has 1 amide bonds. The number of benzene rings is 2. The molecule has 1 saturated carbocycles. The normalized spacial score (nSPS) is 15.3. The summed E-state index contributed by atoms with van der Waals surface area (Å²) in [6, 6.07) is 12.9. The Morgan fingerprint density at radius 2 is 1.92 bits per heavy atom. The molecule has 0 saturated heterocycles. The van der Waals surface area contributed by atoms with Crippen LogP contribution in [0, 0.1) is 0 Å². The summed E-state index contributed by atoms with van der Waals surface area (Å²) in [7, 11) is 3.16. The molecular weight excluding hydrogens is 326 g/mol. The molecule has 0 unspecified atom stereocenters. The van der Waals surface area contributed by atoms with Gasteiger partial charge in [0, 0.05) is 11.1 Å². The van der Waals surface area contributed by atoms with Crippen LogP contribution < -0.4 is 14.8 Å². The number of halogens is 1. The number of carbonyl (C=O) groups is 1. The summed E-state index contributed by atoms with van der Waals surface area (Å²) in [6.07, 6.45) is 2.66. The third-order valence-electron chi connectivity index (χ3n) is 4.68. The van der Waals surface area contributed by atoms with Crippen LogP contribution >= 0.6 is 11.6 Å². The molecule has 2 aromatic carbocycles. The zero-order chi connectivity index (χ0) is 17.2. The van der Waals surface area contributed by atoms with Gasteiger partial charge in [0.25, 0.3) is 0 Å². The Hall–Kier alpha value is -2.20. The van der Waals surface area contributed by atoms with Crippen LogP contribution in [0.1, 0.15) is 24.8 Å². The predicted octanol–water partition coefficient (Wildman–Crippen LogP) is 4.42. The number of methoxy groups -OCH3 is 2. The largest absolute Gasteiger partial charge is 0.497 e. The first-order chi connectivity index (χ1) is 11.6. The second kappa shape index (κ2) is 6.73. The maximum Gasteiger partial charge on any atom is 0.235 e. The monoisotopic (exact) mass is 345 g/mol. The van der Waals surface area contributed by atoms with Gasteiger partial charge >= 0.3 is 0 Å². The van der Waals surface area contributed by atoms with Gasteiger partial charge in [-0.3, -0.25) is 4.79 Å². The first kappa shape index (κ1) is 16.7. The van der Waals surface area contributed by atoms with Crippen molar-refractivity contribution >= 4 is 23.2 Å². The van der Waals surface area contributed by atoms with Crippen LogP contribution in [0.4, 0.5) is 5.69 Å². The number of nitrogens with one attached hydrogen (secondary N) is 1. The lowest BCUT2D eigenvalue weighted by atomic mass is 9.64. The zero-order valence-electron chi connectivity index (χ0n) is 13.8. The van der Waals surface area contributed by atoms with Crippen molar-refractivity contribution in [2.24, 2.45) is 0 Å². The average Bonchev–Trinajstić information content (AvgIpc) is 2.54. The molecule has 24 heavy (non-hydrogen) atoms. The Morgan fingerprint density at radius 1 is 1.12 bits per heavy atom. The van der Waals surface area contributed by atoms with Crippen LogP contribution in [0.5, 0.6) is 11.5 Å². The van der Waals surface area contributed by atoms with Crippen LogP contribution in [0.15, 0.2) is 42.5 Å². The summed E-state index contributed by atoms with van der Waals surface area (Å²) in [5, 5.41) is 3.66. The maximum atomic E-state index is 13.0. The topological polar surface area (TPSA) is 47.6 Å². The molecule has 4 nitrogen and oxygen atoms in total. The van der Waals surface area contributed by atoms with Crippen molar-refractivity contribution in [1.82, 2.24) is 0 Å². The second-order valence-corrected chi connectivity index (χ2v) is 6.40.